The molecule has 1 heterocycles. The largest absolute Gasteiger partial charge is 0.462 e. The highest BCUT2D eigenvalue weighted by Gasteiger charge is 2.22. The van der Waals surface area contributed by atoms with E-state index in [1.165, 1.54) is 109 Å². The van der Waals surface area contributed by atoms with Crippen LogP contribution in [0.15, 0.2) is 11.9 Å². The van der Waals surface area contributed by atoms with E-state index in [4.69, 9.17) is 9.47 Å². The molecule has 1 atom stereocenters. The number of amides is 3. The topological polar surface area (TPSA) is 126 Å². The summed E-state index contributed by atoms with van der Waals surface area (Å²) in [5.41, 5.74) is 0.253. The van der Waals surface area contributed by atoms with Crippen molar-refractivity contribution in [1.82, 2.24) is 20.9 Å². The molecule has 1 rings (SSSR count). The number of imide groups is 1. The van der Waals surface area contributed by atoms with Crippen LogP contribution in [-0.4, -0.2) is 67.2 Å². The van der Waals surface area contributed by atoms with Crippen molar-refractivity contribution in [2.45, 2.75) is 265 Å². The van der Waals surface area contributed by atoms with Crippen LogP contribution in [0, 0.1) is 0 Å². The first-order valence-electron chi connectivity index (χ1n) is 26.0. The Bertz CT molecular complexity index is 1100. The minimum absolute atomic E-state index is 0.00259. The molecule has 10 heteroatoms. The maximum atomic E-state index is 12.9. The van der Waals surface area contributed by atoms with Gasteiger partial charge in [-0.3, -0.25) is 19.7 Å². The summed E-state index contributed by atoms with van der Waals surface area (Å²) in [6.45, 7) is 12.6. The molecule has 1 aliphatic rings. The van der Waals surface area contributed by atoms with Crippen molar-refractivity contribution in [3.05, 3.63) is 11.9 Å². The molecule has 0 spiro atoms. The lowest BCUT2D eigenvalue weighted by Crippen LogP contribution is -2.29. The third-order valence-electron chi connectivity index (χ3n) is 12.2. The second kappa shape index (κ2) is 41.4. The summed E-state index contributed by atoms with van der Waals surface area (Å²) in [5, 5.41) is 7.91. The predicted molar refractivity (Wildman–Crippen MR) is 253 cm³/mol. The second-order valence-corrected chi connectivity index (χ2v) is 18.0. The lowest BCUT2D eigenvalue weighted by Gasteiger charge is -2.22. The number of unbranched alkanes of at least 4 members (excludes halogenated alkanes) is 23. The Morgan fingerprint density at radius 3 is 1.34 bits per heavy atom. The summed E-state index contributed by atoms with van der Waals surface area (Å²) in [7, 11) is 0. The van der Waals surface area contributed by atoms with E-state index < -0.39 is 11.9 Å². The van der Waals surface area contributed by atoms with Crippen molar-refractivity contribution in [3.8, 4) is 0 Å². The molecule has 1 fully saturated rings. The number of hydrogen-bond acceptors (Lipinski definition) is 8. The zero-order valence-corrected chi connectivity index (χ0v) is 40.2. The van der Waals surface area contributed by atoms with Gasteiger partial charge in [0.1, 0.15) is 17.9 Å². The van der Waals surface area contributed by atoms with Crippen molar-refractivity contribution >= 4 is 23.9 Å². The molecular formula is C51H96N4O6. The summed E-state index contributed by atoms with van der Waals surface area (Å²) in [6, 6.07) is -0.487. The Balaban J connectivity index is 2.39. The molecule has 1 saturated heterocycles. The molecule has 1 unspecified atom stereocenters. The van der Waals surface area contributed by atoms with E-state index in [9.17, 15) is 19.2 Å². The van der Waals surface area contributed by atoms with E-state index in [-0.39, 0.29) is 29.8 Å². The van der Waals surface area contributed by atoms with Gasteiger partial charge in [-0.15, -0.1) is 0 Å². The van der Waals surface area contributed by atoms with Gasteiger partial charge in [0.05, 0.1) is 0 Å². The normalized spacial score (nSPS) is 13.9. The number of nitrogens with zero attached hydrogens (tertiary/aromatic N) is 1. The molecule has 356 valence electrons. The average molecular weight is 861 g/mol. The van der Waals surface area contributed by atoms with Crippen LogP contribution < -0.4 is 16.0 Å². The molecule has 0 radical (unpaired) electrons. The Kier molecular flexibility index (Phi) is 38.3. The molecule has 3 N–H and O–H groups in total. The fourth-order valence-electron chi connectivity index (χ4n) is 8.22. The molecule has 0 aliphatic carbocycles. The van der Waals surface area contributed by atoms with Crippen molar-refractivity contribution < 1.29 is 28.7 Å². The SMILES string of the molecule is CCCCCCCCC(CC)OC(=O)CCCCCCCN(CCCCCCCC(=O)OC(CCCCCCCC)CCCCCCCC)CCCN/C=C1/NC(=O)NC1=O. The first-order chi connectivity index (χ1) is 29.8. The van der Waals surface area contributed by atoms with E-state index in [1.54, 1.807) is 6.20 Å². The van der Waals surface area contributed by atoms with E-state index >= 15 is 0 Å². The van der Waals surface area contributed by atoms with E-state index in [1.807, 2.05) is 0 Å². The second-order valence-electron chi connectivity index (χ2n) is 18.0. The first-order valence-corrected chi connectivity index (χ1v) is 26.0. The zero-order chi connectivity index (χ0) is 44.4. The van der Waals surface area contributed by atoms with Crippen molar-refractivity contribution in [2.24, 2.45) is 0 Å². The lowest BCUT2D eigenvalue weighted by molar-refractivity contribution is -0.150. The molecule has 61 heavy (non-hydrogen) atoms. The zero-order valence-electron chi connectivity index (χ0n) is 40.2. The minimum Gasteiger partial charge on any atom is -0.462 e. The number of rotatable bonds is 45. The third kappa shape index (κ3) is 34.5. The van der Waals surface area contributed by atoms with E-state index in [2.05, 4.69) is 48.5 Å². The van der Waals surface area contributed by atoms with Crippen LogP contribution in [0.25, 0.3) is 0 Å². The highest BCUT2D eigenvalue weighted by Crippen LogP contribution is 2.19. The summed E-state index contributed by atoms with van der Waals surface area (Å²) in [5.74, 6) is -0.440. The van der Waals surface area contributed by atoms with Crippen LogP contribution in [-0.2, 0) is 23.9 Å². The Morgan fingerprint density at radius 2 is 0.902 bits per heavy atom. The van der Waals surface area contributed by atoms with Gasteiger partial charge in [-0.25, -0.2) is 4.79 Å². The lowest BCUT2D eigenvalue weighted by atomic mass is 10.0. The first kappa shape index (κ1) is 56.4. The van der Waals surface area contributed by atoms with Gasteiger partial charge >= 0.3 is 18.0 Å². The highest BCUT2D eigenvalue weighted by atomic mass is 16.5. The average Bonchev–Trinajstić information content (AvgIpc) is 3.58. The number of urea groups is 1. The number of hydrogen-bond donors (Lipinski definition) is 3. The molecular weight excluding hydrogens is 765 g/mol. The van der Waals surface area contributed by atoms with Crippen molar-refractivity contribution in [3.63, 3.8) is 0 Å². The van der Waals surface area contributed by atoms with Gasteiger partial charge in [0.25, 0.3) is 5.91 Å². The maximum Gasteiger partial charge on any atom is 0.326 e. The van der Waals surface area contributed by atoms with Gasteiger partial charge in [0.2, 0.25) is 0 Å². The Labute approximate surface area is 375 Å². The number of ether oxygens (including phenoxy) is 2. The van der Waals surface area contributed by atoms with E-state index in [0.717, 1.165) is 122 Å². The van der Waals surface area contributed by atoms with E-state index in [0.29, 0.717) is 19.4 Å². The van der Waals surface area contributed by atoms with Crippen LogP contribution in [0.3, 0.4) is 0 Å². The van der Waals surface area contributed by atoms with Crippen molar-refractivity contribution in [2.75, 3.05) is 26.2 Å². The summed E-state index contributed by atoms with van der Waals surface area (Å²) in [6.07, 6.45) is 41.2. The molecule has 0 bridgehead atoms. The Hall–Kier alpha value is -2.62. The van der Waals surface area contributed by atoms with Gasteiger partial charge in [-0.1, -0.05) is 163 Å². The number of carbonyl (C=O) groups is 4. The van der Waals surface area contributed by atoms with Gasteiger partial charge in [-0.2, -0.15) is 0 Å². The van der Waals surface area contributed by atoms with Gasteiger partial charge < -0.3 is 25.0 Å². The molecule has 0 aromatic rings. The molecule has 1 aliphatic heterocycles. The molecule has 3 amide bonds. The number of esters is 2. The molecule has 10 nitrogen and oxygen atoms in total. The van der Waals surface area contributed by atoms with Crippen LogP contribution in [0.1, 0.15) is 252 Å². The molecule has 0 aromatic carbocycles. The molecule has 0 saturated carbocycles. The van der Waals surface area contributed by atoms with Crippen LogP contribution in [0.5, 0.6) is 0 Å². The Morgan fingerprint density at radius 1 is 0.508 bits per heavy atom. The summed E-state index contributed by atoms with van der Waals surface area (Å²) < 4.78 is 11.9. The third-order valence-corrected chi connectivity index (χ3v) is 12.2. The summed E-state index contributed by atoms with van der Waals surface area (Å²) >= 11 is 0. The van der Waals surface area contributed by atoms with Gasteiger partial charge in [-0.05, 0) is 96.7 Å². The van der Waals surface area contributed by atoms with Crippen LogP contribution >= 0.6 is 0 Å². The maximum absolute atomic E-state index is 12.9. The predicted octanol–water partition coefficient (Wildman–Crippen LogP) is 13.1. The van der Waals surface area contributed by atoms with Gasteiger partial charge in [0, 0.05) is 25.6 Å². The quantitative estimate of drug-likeness (QED) is 0.0239. The smallest absolute Gasteiger partial charge is 0.326 e. The highest BCUT2D eigenvalue weighted by molar-refractivity contribution is 6.11. The monoisotopic (exact) mass is 861 g/mol. The fraction of sp³-hybridized carbons (Fsp3) is 0.882. The molecule has 0 aromatic heterocycles. The fourth-order valence-corrected chi connectivity index (χ4v) is 8.22. The van der Waals surface area contributed by atoms with Crippen LogP contribution in [0.2, 0.25) is 0 Å². The number of carbonyl (C=O) groups excluding carboxylic acids is 4. The van der Waals surface area contributed by atoms with Crippen molar-refractivity contribution in [1.29, 1.82) is 0 Å². The standard InChI is InChI=1S/C51H96N4O6/c1-5-9-12-15-20-27-35-45(8-4)60-48(56)38-30-23-18-25-32-41-55(43-34-40-52-44-47-50(58)54-51(59)53-47)42-33-26-19-24-31-39-49(57)61-46(36-28-21-16-13-10-6-2)37-29-22-17-14-11-7-3/h44-46,52H,5-43H2,1-4H3,(H2,53,54,58,59)/b47-44+. The summed E-state index contributed by atoms with van der Waals surface area (Å²) in [4.78, 5) is 51.1. The van der Waals surface area contributed by atoms with Crippen LogP contribution in [0.4, 0.5) is 4.79 Å². The van der Waals surface area contributed by atoms with Gasteiger partial charge in [0.15, 0.2) is 0 Å². The minimum atomic E-state index is -0.487. The number of nitrogens with one attached hydrogen (secondary N) is 3.